The Hall–Kier alpha value is -1.82. The third kappa shape index (κ3) is 2.89. The number of carboxylic acids is 1. The summed E-state index contributed by atoms with van der Waals surface area (Å²) >= 11 is 3.04. The first kappa shape index (κ1) is 12.6. The first-order valence-corrected chi connectivity index (χ1v) is 5.75. The van der Waals surface area contributed by atoms with Crippen molar-refractivity contribution in [3.05, 3.63) is 52.1 Å². The number of carbonyl (C=O) groups is 1. The standard InChI is InChI=1S/C12H8BrFO4/c13-9-5-7(1-3-10(9)14)17-6-8-2-4-11(18-8)12(15)16/h1-5H,6H2,(H,15,16). The van der Waals surface area contributed by atoms with Gasteiger partial charge in [-0.3, -0.25) is 0 Å². The van der Waals surface area contributed by atoms with Gasteiger partial charge >= 0.3 is 5.97 Å². The van der Waals surface area contributed by atoms with E-state index in [1.807, 2.05) is 0 Å². The lowest BCUT2D eigenvalue weighted by molar-refractivity contribution is 0.0658. The molecule has 0 saturated carbocycles. The monoisotopic (exact) mass is 314 g/mol. The van der Waals surface area contributed by atoms with Crippen molar-refractivity contribution in [3.8, 4) is 5.75 Å². The van der Waals surface area contributed by atoms with Crippen molar-refractivity contribution in [2.45, 2.75) is 6.61 Å². The van der Waals surface area contributed by atoms with Crippen molar-refractivity contribution in [1.82, 2.24) is 0 Å². The van der Waals surface area contributed by atoms with Crippen molar-refractivity contribution in [1.29, 1.82) is 0 Å². The maximum atomic E-state index is 13.0. The van der Waals surface area contributed by atoms with Crippen LogP contribution in [-0.4, -0.2) is 11.1 Å². The molecule has 1 N–H and O–H groups in total. The molecule has 0 amide bonds. The maximum absolute atomic E-state index is 13.0. The van der Waals surface area contributed by atoms with Crippen LogP contribution >= 0.6 is 15.9 Å². The van der Waals surface area contributed by atoms with Crippen LogP contribution in [0.5, 0.6) is 5.75 Å². The Kier molecular flexibility index (Phi) is 3.66. The summed E-state index contributed by atoms with van der Waals surface area (Å²) in [6, 6.07) is 7.09. The van der Waals surface area contributed by atoms with Crippen LogP contribution in [0.3, 0.4) is 0 Å². The highest BCUT2D eigenvalue weighted by Crippen LogP contribution is 2.22. The summed E-state index contributed by atoms with van der Waals surface area (Å²) in [5.74, 6) is -0.822. The minimum absolute atomic E-state index is 0.0748. The number of hydrogen-bond acceptors (Lipinski definition) is 3. The van der Waals surface area contributed by atoms with Gasteiger partial charge in [0.15, 0.2) is 0 Å². The van der Waals surface area contributed by atoms with E-state index >= 15 is 0 Å². The fourth-order valence-corrected chi connectivity index (χ4v) is 1.65. The van der Waals surface area contributed by atoms with E-state index < -0.39 is 5.97 Å². The largest absolute Gasteiger partial charge is 0.486 e. The van der Waals surface area contributed by atoms with Gasteiger partial charge in [-0.15, -0.1) is 0 Å². The molecule has 1 aromatic carbocycles. The molecular formula is C12H8BrFO4. The van der Waals surface area contributed by atoms with E-state index in [0.29, 0.717) is 16.0 Å². The van der Waals surface area contributed by atoms with E-state index in [0.717, 1.165) is 0 Å². The smallest absolute Gasteiger partial charge is 0.371 e. The van der Waals surface area contributed by atoms with Gasteiger partial charge in [-0.05, 0) is 46.3 Å². The number of benzene rings is 1. The Bertz CT molecular complexity index is 579. The molecule has 0 aliphatic heterocycles. The zero-order valence-corrected chi connectivity index (χ0v) is 10.6. The normalized spacial score (nSPS) is 10.3. The van der Waals surface area contributed by atoms with Crippen molar-refractivity contribution >= 4 is 21.9 Å². The molecule has 0 bridgehead atoms. The molecule has 0 spiro atoms. The fraction of sp³-hybridized carbons (Fsp3) is 0.0833. The summed E-state index contributed by atoms with van der Waals surface area (Å²) in [4.78, 5) is 10.6. The van der Waals surface area contributed by atoms with Crippen LogP contribution in [0.1, 0.15) is 16.3 Å². The van der Waals surface area contributed by atoms with E-state index in [4.69, 9.17) is 14.3 Å². The number of aromatic carboxylic acids is 1. The third-order valence-corrected chi connectivity index (χ3v) is 2.75. The van der Waals surface area contributed by atoms with E-state index in [9.17, 15) is 9.18 Å². The van der Waals surface area contributed by atoms with Gasteiger partial charge in [-0.2, -0.15) is 0 Å². The van der Waals surface area contributed by atoms with Crippen LogP contribution in [-0.2, 0) is 6.61 Å². The predicted molar refractivity (Wildman–Crippen MR) is 64.1 cm³/mol. The van der Waals surface area contributed by atoms with E-state index in [1.165, 1.54) is 30.3 Å². The summed E-state index contributed by atoms with van der Waals surface area (Å²) in [5.41, 5.74) is 0. The topological polar surface area (TPSA) is 59.7 Å². The van der Waals surface area contributed by atoms with Gasteiger partial charge in [0.2, 0.25) is 5.76 Å². The Morgan fingerprint density at radius 1 is 1.39 bits per heavy atom. The number of carboxylic acid groups (broad SMARTS) is 1. The van der Waals surface area contributed by atoms with Crippen LogP contribution in [0.25, 0.3) is 0 Å². The number of ether oxygens (including phenoxy) is 1. The fourth-order valence-electron chi connectivity index (χ4n) is 1.29. The zero-order chi connectivity index (χ0) is 13.1. The minimum atomic E-state index is -1.13. The summed E-state index contributed by atoms with van der Waals surface area (Å²) in [7, 11) is 0. The van der Waals surface area contributed by atoms with E-state index in [-0.39, 0.29) is 18.2 Å². The van der Waals surface area contributed by atoms with Crippen molar-refractivity contribution in [2.24, 2.45) is 0 Å². The van der Waals surface area contributed by atoms with Gasteiger partial charge in [-0.1, -0.05) is 0 Å². The quantitative estimate of drug-likeness (QED) is 0.939. The highest BCUT2D eigenvalue weighted by Gasteiger charge is 2.09. The first-order valence-electron chi connectivity index (χ1n) is 4.96. The second-order valence-electron chi connectivity index (χ2n) is 3.44. The molecule has 4 nitrogen and oxygen atoms in total. The van der Waals surface area contributed by atoms with Crippen LogP contribution in [0.4, 0.5) is 4.39 Å². The molecule has 18 heavy (non-hydrogen) atoms. The predicted octanol–water partition coefficient (Wildman–Crippen LogP) is 3.46. The van der Waals surface area contributed by atoms with Gasteiger partial charge in [0.05, 0.1) is 4.47 Å². The molecule has 1 heterocycles. The van der Waals surface area contributed by atoms with Crippen LogP contribution in [0.15, 0.2) is 39.2 Å². The highest BCUT2D eigenvalue weighted by molar-refractivity contribution is 9.10. The first-order chi connectivity index (χ1) is 8.56. The van der Waals surface area contributed by atoms with Gasteiger partial charge in [0.25, 0.3) is 0 Å². The number of furan rings is 1. The lowest BCUT2D eigenvalue weighted by Crippen LogP contribution is -1.95. The SMILES string of the molecule is O=C(O)c1ccc(COc2ccc(F)c(Br)c2)o1. The molecule has 0 unspecified atom stereocenters. The summed E-state index contributed by atoms with van der Waals surface area (Å²) in [6.45, 7) is 0.0748. The molecule has 0 atom stereocenters. The summed E-state index contributed by atoms with van der Waals surface area (Å²) in [5, 5.41) is 8.67. The number of halogens is 2. The number of hydrogen-bond donors (Lipinski definition) is 1. The molecule has 0 fully saturated rings. The highest BCUT2D eigenvalue weighted by atomic mass is 79.9. The molecule has 0 radical (unpaired) electrons. The Balaban J connectivity index is 2.02. The second-order valence-corrected chi connectivity index (χ2v) is 4.29. The van der Waals surface area contributed by atoms with Crippen molar-refractivity contribution < 1.29 is 23.4 Å². The van der Waals surface area contributed by atoms with Crippen molar-refractivity contribution in [2.75, 3.05) is 0 Å². The minimum Gasteiger partial charge on any atom is -0.486 e. The average Bonchev–Trinajstić information content (AvgIpc) is 2.79. The molecule has 0 saturated heterocycles. The van der Waals surface area contributed by atoms with Gasteiger partial charge in [0, 0.05) is 0 Å². The Morgan fingerprint density at radius 2 is 2.17 bits per heavy atom. The summed E-state index contributed by atoms with van der Waals surface area (Å²) in [6.07, 6.45) is 0. The molecule has 6 heteroatoms. The second kappa shape index (κ2) is 5.22. The van der Waals surface area contributed by atoms with Crippen LogP contribution in [0.2, 0.25) is 0 Å². The lowest BCUT2D eigenvalue weighted by atomic mass is 10.3. The van der Waals surface area contributed by atoms with E-state index in [1.54, 1.807) is 0 Å². The molecule has 0 aliphatic carbocycles. The lowest BCUT2D eigenvalue weighted by Gasteiger charge is -2.04. The molecular weight excluding hydrogens is 307 g/mol. The van der Waals surface area contributed by atoms with Gasteiger partial charge < -0.3 is 14.3 Å². The zero-order valence-electron chi connectivity index (χ0n) is 9.02. The van der Waals surface area contributed by atoms with Crippen LogP contribution in [0, 0.1) is 5.82 Å². The molecule has 94 valence electrons. The van der Waals surface area contributed by atoms with Gasteiger partial charge in [-0.25, -0.2) is 9.18 Å². The Labute approximate surface area is 110 Å². The molecule has 2 rings (SSSR count). The number of rotatable bonds is 4. The third-order valence-electron chi connectivity index (χ3n) is 2.14. The summed E-state index contributed by atoms with van der Waals surface area (Å²) < 4.78 is 23.6. The van der Waals surface area contributed by atoms with E-state index in [2.05, 4.69) is 15.9 Å². The van der Waals surface area contributed by atoms with Gasteiger partial charge in [0.1, 0.15) is 23.9 Å². The molecule has 2 aromatic rings. The Morgan fingerprint density at radius 3 is 2.78 bits per heavy atom. The van der Waals surface area contributed by atoms with Crippen molar-refractivity contribution in [3.63, 3.8) is 0 Å². The van der Waals surface area contributed by atoms with Crippen LogP contribution < -0.4 is 4.74 Å². The molecule has 0 aliphatic rings. The molecule has 1 aromatic heterocycles. The maximum Gasteiger partial charge on any atom is 0.371 e. The average molecular weight is 315 g/mol.